The SMILES string of the molecule is C#CCC(C=C)n1ccnc1. The summed E-state index contributed by atoms with van der Waals surface area (Å²) < 4.78 is 1.94. The van der Waals surface area contributed by atoms with Crippen LogP contribution in [-0.4, -0.2) is 9.55 Å². The van der Waals surface area contributed by atoms with Crippen molar-refractivity contribution in [3.8, 4) is 12.3 Å². The summed E-state index contributed by atoms with van der Waals surface area (Å²) >= 11 is 0. The number of hydrogen-bond acceptors (Lipinski definition) is 1. The van der Waals surface area contributed by atoms with Crippen LogP contribution in [0.3, 0.4) is 0 Å². The molecule has 1 aromatic rings. The number of nitrogens with zero attached hydrogens (tertiary/aromatic N) is 2. The van der Waals surface area contributed by atoms with Crippen LogP contribution in [0.25, 0.3) is 0 Å². The Morgan fingerprint density at radius 1 is 1.82 bits per heavy atom. The molecule has 0 amide bonds. The molecule has 0 aliphatic rings. The number of allylic oxidation sites excluding steroid dienone is 1. The van der Waals surface area contributed by atoms with Crippen molar-refractivity contribution in [1.82, 2.24) is 9.55 Å². The zero-order valence-electron chi connectivity index (χ0n) is 6.27. The average Bonchev–Trinajstić information content (AvgIpc) is 2.52. The molecule has 56 valence electrons. The van der Waals surface area contributed by atoms with Crippen LogP contribution < -0.4 is 0 Å². The van der Waals surface area contributed by atoms with Gasteiger partial charge in [0.25, 0.3) is 0 Å². The normalized spacial score (nSPS) is 11.9. The van der Waals surface area contributed by atoms with Gasteiger partial charge in [-0.1, -0.05) is 6.08 Å². The van der Waals surface area contributed by atoms with Crippen molar-refractivity contribution < 1.29 is 0 Å². The lowest BCUT2D eigenvalue weighted by molar-refractivity contribution is 0.621. The summed E-state index contributed by atoms with van der Waals surface area (Å²) in [4.78, 5) is 3.92. The maximum atomic E-state index is 5.18. The lowest BCUT2D eigenvalue weighted by Gasteiger charge is -2.09. The Morgan fingerprint density at radius 3 is 3.09 bits per heavy atom. The van der Waals surface area contributed by atoms with Crippen molar-refractivity contribution in [2.24, 2.45) is 0 Å². The summed E-state index contributed by atoms with van der Waals surface area (Å²) in [5.41, 5.74) is 0. The molecule has 11 heavy (non-hydrogen) atoms. The standard InChI is InChI=1S/C9H10N2/c1-3-5-9(4-2)11-7-6-10-8-11/h1,4,6-9H,2,5H2. The molecular formula is C9H10N2. The van der Waals surface area contributed by atoms with Crippen LogP contribution in [0.15, 0.2) is 31.4 Å². The van der Waals surface area contributed by atoms with E-state index in [4.69, 9.17) is 6.42 Å². The highest BCUT2D eigenvalue weighted by molar-refractivity contribution is 4.98. The van der Waals surface area contributed by atoms with Crippen LogP contribution >= 0.6 is 0 Å². The van der Waals surface area contributed by atoms with Gasteiger partial charge in [0.15, 0.2) is 0 Å². The van der Waals surface area contributed by atoms with Gasteiger partial charge in [-0.25, -0.2) is 4.98 Å². The molecule has 1 atom stereocenters. The molecule has 2 heteroatoms. The Kier molecular flexibility index (Phi) is 2.51. The van der Waals surface area contributed by atoms with Crippen LogP contribution in [0.5, 0.6) is 0 Å². The molecule has 0 spiro atoms. The van der Waals surface area contributed by atoms with E-state index in [0.29, 0.717) is 6.42 Å². The van der Waals surface area contributed by atoms with E-state index in [1.165, 1.54) is 0 Å². The molecule has 1 heterocycles. The van der Waals surface area contributed by atoms with Gasteiger partial charge >= 0.3 is 0 Å². The summed E-state index contributed by atoms with van der Waals surface area (Å²) in [6, 6.07) is 0.183. The van der Waals surface area contributed by atoms with Gasteiger partial charge in [0.1, 0.15) is 0 Å². The van der Waals surface area contributed by atoms with Crippen molar-refractivity contribution in [1.29, 1.82) is 0 Å². The van der Waals surface area contributed by atoms with Crippen LogP contribution in [0, 0.1) is 12.3 Å². The second-order valence-corrected chi connectivity index (χ2v) is 2.22. The van der Waals surface area contributed by atoms with Gasteiger partial charge in [0.05, 0.1) is 12.4 Å². The van der Waals surface area contributed by atoms with Crippen molar-refractivity contribution >= 4 is 0 Å². The number of terminal acetylenes is 1. The van der Waals surface area contributed by atoms with Gasteiger partial charge in [-0.05, 0) is 0 Å². The van der Waals surface area contributed by atoms with Gasteiger partial charge in [0, 0.05) is 18.8 Å². The Hall–Kier alpha value is -1.49. The molecule has 0 aromatic carbocycles. The second-order valence-electron chi connectivity index (χ2n) is 2.22. The topological polar surface area (TPSA) is 17.8 Å². The average molecular weight is 146 g/mol. The van der Waals surface area contributed by atoms with Crippen molar-refractivity contribution in [3.63, 3.8) is 0 Å². The molecule has 0 N–H and O–H groups in total. The summed E-state index contributed by atoms with van der Waals surface area (Å²) in [5.74, 6) is 2.59. The highest BCUT2D eigenvalue weighted by atomic mass is 15.0. The molecule has 1 unspecified atom stereocenters. The van der Waals surface area contributed by atoms with Crippen LogP contribution in [0.4, 0.5) is 0 Å². The van der Waals surface area contributed by atoms with Crippen LogP contribution in [0.1, 0.15) is 12.5 Å². The lowest BCUT2D eigenvalue weighted by Crippen LogP contribution is -2.01. The zero-order chi connectivity index (χ0) is 8.10. The van der Waals surface area contributed by atoms with Crippen LogP contribution in [0.2, 0.25) is 0 Å². The molecule has 0 saturated heterocycles. The van der Waals surface area contributed by atoms with Gasteiger partial charge in [-0.3, -0.25) is 0 Å². The predicted molar refractivity (Wildman–Crippen MR) is 44.9 cm³/mol. The molecule has 0 aliphatic heterocycles. The third-order valence-electron chi connectivity index (χ3n) is 1.51. The van der Waals surface area contributed by atoms with E-state index in [0.717, 1.165) is 0 Å². The van der Waals surface area contributed by atoms with Gasteiger partial charge in [-0.2, -0.15) is 0 Å². The molecule has 0 aliphatic carbocycles. The maximum Gasteiger partial charge on any atom is 0.0951 e. The predicted octanol–water partition coefficient (Wildman–Crippen LogP) is 1.63. The molecule has 0 fully saturated rings. The third-order valence-corrected chi connectivity index (χ3v) is 1.51. The fraction of sp³-hybridized carbons (Fsp3) is 0.222. The van der Waals surface area contributed by atoms with Gasteiger partial charge < -0.3 is 4.57 Å². The van der Waals surface area contributed by atoms with Crippen molar-refractivity contribution in [2.45, 2.75) is 12.5 Å². The Labute approximate surface area is 66.6 Å². The number of hydrogen-bond donors (Lipinski definition) is 0. The molecule has 2 nitrogen and oxygen atoms in total. The first-order valence-electron chi connectivity index (χ1n) is 3.42. The number of rotatable bonds is 3. The number of imidazole rings is 1. The maximum absolute atomic E-state index is 5.18. The summed E-state index contributed by atoms with van der Waals surface area (Å²) in [5, 5.41) is 0. The minimum atomic E-state index is 0.183. The van der Waals surface area contributed by atoms with E-state index in [1.807, 2.05) is 16.8 Å². The molecule has 0 radical (unpaired) electrons. The highest BCUT2D eigenvalue weighted by Crippen LogP contribution is 2.10. The molecule has 1 rings (SSSR count). The Morgan fingerprint density at radius 2 is 2.64 bits per heavy atom. The number of aromatic nitrogens is 2. The van der Waals surface area contributed by atoms with Crippen molar-refractivity contribution in [2.75, 3.05) is 0 Å². The quantitative estimate of drug-likeness (QED) is 0.468. The molecule has 1 aromatic heterocycles. The molecule has 0 bridgehead atoms. The van der Waals surface area contributed by atoms with E-state index in [-0.39, 0.29) is 6.04 Å². The van der Waals surface area contributed by atoms with E-state index in [2.05, 4.69) is 17.5 Å². The first-order chi connectivity index (χ1) is 5.38. The minimum Gasteiger partial charge on any atom is -0.330 e. The lowest BCUT2D eigenvalue weighted by atomic mass is 10.2. The van der Waals surface area contributed by atoms with Gasteiger partial charge in [0.2, 0.25) is 0 Å². The molecule has 0 saturated carbocycles. The second kappa shape index (κ2) is 3.62. The first kappa shape index (κ1) is 7.62. The minimum absolute atomic E-state index is 0.183. The first-order valence-corrected chi connectivity index (χ1v) is 3.42. The molecular weight excluding hydrogens is 136 g/mol. The summed E-state index contributed by atoms with van der Waals surface area (Å²) in [6.07, 6.45) is 13.0. The zero-order valence-corrected chi connectivity index (χ0v) is 6.27. The highest BCUT2D eigenvalue weighted by Gasteiger charge is 2.01. The summed E-state index contributed by atoms with van der Waals surface area (Å²) in [6.45, 7) is 3.69. The summed E-state index contributed by atoms with van der Waals surface area (Å²) in [7, 11) is 0. The smallest absolute Gasteiger partial charge is 0.0951 e. The van der Waals surface area contributed by atoms with Crippen LogP contribution in [-0.2, 0) is 0 Å². The van der Waals surface area contributed by atoms with Crippen molar-refractivity contribution in [3.05, 3.63) is 31.4 Å². The van der Waals surface area contributed by atoms with E-state index in [1.54, 1.807) is 12.5 Å². The fourth-order valence-corrected chi connectivity index (χ4v) is 0.897. The Bertz CT molecular complexity index is 254. The Balaban J connectivity index is 2.72. The third kappa shape index (κ3) is 1.71. The van der Waals surface area contributed by atoms with Gasteiger partial charge in [-0.15, -0.1) is 18.9 Å². The fourth-order valence-electron chi connectivity index (χ4n) is 0.897. The van der Waals surface area contributed by atoms with E-state index >= 15 is 0 Å². The monoisotopic (exact) mass is 146 g/mol. The van der Waals surface area contributed by atoms with E-state index < -0.39 is 0 Å². The van der Waals surface area contributed by atoms with E-state index in [9.17, 15) is 0 Å². The largest absolute Gasteiger partial charge is 0.330 e.